The molecule has 1 N–H and O–H groups in total. The molecule has 0 unspecified atom stereocenters. The number of thiazole rings is 1. The number of aromatic nitrogens is 6. The summed E-state index contributed by atoms with van der Waals surface area (Å²) in [4.78, 5) is 41.2. The highest BCUT2D eigenvalue weighted by atomic mass is 35.5. The molecule has 198 valence electrons. The molecular weight excluding hydrogens is 566 g/mol. The fourth-order valence-electron chi connectivity index (χ4n) is 4.18. The number of thiophene rings is 1. The molecule has 0 aliphatic rings. The molecule has 6 aromatic rings. The molecule has 0 bridgehead atoms. The lowest BCUT2D eigenvalue weighted by Gasteiger charge is -2.11. The van der Waals surface area contributed by atoms with Crippen molar-refractivity contribution in [3.8, 4) is 22.5 Å². The van der Waals surface area contributed by atoms with Gasteiger partial charge in [-0.25, -0.2) is 4.98 Å². The van der Waals surface area contributed by atoms with Gasteiger partial charge < -0.3 is 9.88 Å². The number of hydrogen-bond donors (Lipinski definition) is 1. The molecule has 0 atom stereocenters. The number of anilines is 1. The van der Waals surface area contributed by atoms with Crippen molar-refractivity contribution in [1.29, 1.82) is 0 Å². The molecule has 0 saturated heterocycles. The molecule has 6 rings (SSSR count). The standard InChI is InChI=1S/C28H20ClN7O2S2/c29-24-8-7-19(40-24)14-32-25-13-22(34-36(25)27(37)23-16-39-17-33-23)20-9-12-35(15-18-5-1-3-10-30-18)28(38)26(20)21-6-2-4-11-31-21/h1-13,16-17,32H,14-15H2. The van der Waals surface area contributed by atoms with E-state index in [1.807, 2.05) is 42.5 Å². The number of nitrogens with one attached hydrogen (secondary N) is 1. The molecule has 6 aromatic heterocycles. The van der Waals surface area contributed by atoms with Crippen molar-refractivity contribution in [3.05, 3.63) is 121 Å². The van der Waals surface area contributed by atoms with Crippen LogP contribution in [-0.4, -0.2) is 35.2 Å². The zero-order chi connectivity index (χ0) is 27.5. The first-order chi connectivity index (χ1) is 19.6. The largest absolute Gasteiger partial charge is 0.365 e. The van der Waals surface area contributed by atoms with E-state index in [1.54, 1.807) is 52.2 Å². The van der Waals surface area contributed by atoms with E-state index in [2.05, 4.69) is 25.4 Å². The van der Waals surface area contributed by atoms with E-state index < -0.39 is 0 Å². The van der Waals surface area contributed by atoms with Gasteiger partial charge in [0, 0.05) is 40.5 Å². The molecule has 0 aliphatic heterocycles. The van der Waals surface area contributed by atoms with Gasteiger partial charge in [0.15, 0.2) is 0 Å². The van der Waals surface area contributed by atoms with Crippen LogP contribution in [0.2, 0.25) is 4.34 Å². The van der Waals surface area contributed by atoms with Crippen LogP contribution in [0, 0.1) is 0 Å². The summed E-state index contributed by atoms with van der Waals surface area (Å²) >= 11 is 8.87. The lowest BCUT2D eigenvalue weighted by Crippen LogP contribution is -2.23. The van der Waals surface area contributed by atoms with Crippen LogP contribution in [0.25, 0.3) is 22.5 Å². The van der Waals surface area contributed by atoms with Crippen molar-refractivity contribution < 1.29 is 4.79 Å². The first kappa shape index (κ1) is 25.8. The molecule has 12 heteroatoms. The summed E-state index contributed by atoms with van der Waals surface area (Å²) in [6.45, 7) is 0.734. The van der Waals surface area contributed by atoms with Gasteiger partial charge in [0.1, 0.15) is 11.5 Å². The molecule has 0 aliphatic carbocycles. The highest BCUT2D eigenvalue weighted by molar-refractivity contribution is 7.16. The highest BCUT2D eigenvalue weighted by Gasteiger charge is 2.22. The second-order valence-corrected chi connectivity index (χ2v) is 11.2. The van der Waals surface area contributed by atoms with Crippen LogP contribution in [0.4, 0.5) is 5.82 Å². The monoisotopic (exact) mass is 585 g/mol. The number of carbonyl (C=O) groups is 1. The maximum atomic E-state index is 13.9. The van der Waals surface area contributed by atoms with Gasteiger partial charge in [0.25, 0.3) is 11.5 Å². The summed E-state index contributed by atoms with van der Waals surface area (Å²) in [6, 6.07) is 18.3. The average Bonchev–Trinajstić information content (AvgIpc) is 3.75. The number of rotatable bonds is 8. The maximum Gasteiger partial charge on any atom is 0.299 e. The lowest BCUT2D eigenvalue weighted by atomic mass is 10.0. The zero-order valence-corrected chi connectivity index (χ0v) is 23.2. The number of carbonyl (C=O) groups excluding carboxylic acids is 1. The maximum absolute atomic E-state index is 13.9. The Balaban J connectivity index is 1.46. The Bertz CT molecular complexity index is 1830. The van der Waals surface area contributed by atoms with E-state index in [-0.39, 0.29) is 17.2 Å². The molecule has 9 nitrogen and oxygen atoms in total. The Labute approximate surface area is 241 Å². The molecule has 0 radical (unpaired) electrons. The van der Waals surface area contributed by atoms with Gasteiger partial charge in [-0.15, -0.1) is 22.7 Å². The first-order valence-corrected chi connectivity index (χ1v) is 14.3. The number of halogens is 1. The minimum atomic E-state index is -0.387. The predicted octanol–water partition coefficient (Wildman–Crippen LogP) is 5.69. The van der Waals surface area contributed by atoms with Gasteiger partial charge >= 0.3 is 0 Å². The van der Waals surface area contributed by atoms with E-state index in [1.165, 1.54) is 27.4 Å². The van der Waals surface area contributed by atoms with Gasteiger partial charge in [-0.05, 0) is 42.5 Å². The fourth-order valence-corrected chi connectivity index (χ4v) is 5.73. The lowest BCUT2D eigenvalue weighted by molar-refractivity contribution is 0.0943. The second-order valence-electron chi connectivity index (χ2n) is 8.64. The Hall–Kier alpha value is -4.45. The molecule has 0 fully saturated rings. The van der Waals surface area contributed by atoms with Crippen LogP contribution in [0.1, 0.15) is 21.1 Å². The molecular formula is C28H20ClN7O2S2. The molecule has 40 heavy (non-hydrogen) atoms. The van der Waals surface area contributed by atoms with E-state index in [9.17, 15) is 9.59 Å². The predicted molar refractivity (Wildman–Crippen MR) is 157 cm³/mol. The third-order valence-corrected chi connectivity index (χ3v) is 7.86. The van der Waals surface area contributed by atoms with E-state index in [4.69, 9.17) is 11.6 Å². The van der Waals surface area contributed by atoms with Crippen LogP contribution in [0.15, 0.2) is 94.9 Å². The molecule has 0 aromatic carbocycles. The van der Waals surface area contributed by atoms with Crippen LogP contribution < -0.4 is 10.9 Å². The van der Waals surface area contributed by atoms with Crippen molar-refractivity contribution >= 4 is 46.0 Å². The Morgan fingerprint density at radius 1 is 0.975 bits per heavy atom. The van der Waals surface area contributed by atoms with E-state index in [0.717, 1.165) is 10.6 Å². The minimum Gasteiger partial charge on any atom is -0.365 e. The molecule has 0 amide bonds. The van der Waals surface area contributed by atoms with Gasteiger partial charge in [0.2, 0.25) is 0 Å². The Morgan fingerprint density at radius 2 is 1.82 bits per heavy atom. The third-order valence-electron chi connectivity index (χ3n) is 6.05. The minimum absolute atomic E-state index is 0.245. The summed E-state index contributed by atoms with van der Waals surface area (Å²) < 4.78 is 3.55. The summed E-state index contributed by atoms with van der Waals surface area (Å²) in [6.07, 6.45) is 5.04. The quantitative estimate of drug-likeness (QED) is 0.244. The molecule has 0 spiro atoms. The Morgan fingerprint density at radius 3 is 2.52 bits per heavy atom. The van der Waals surface area contributed by atoms with E-state index >= 15 is 0 Å². The second kappa shape index (κ2) is 11.3. The zero-order valence-electron chi connectivity index (χ0n) is 20.8. The fraction of sp³-hybridized carbons (Fsp3) is 0.0714. The highest BCUT2D eigenvalue weighted by Crippen LogP contribution is 2.30. The van der Waals surface area contributed by atoms with Gasteiger partial charge in [-0.3, -0.25) is 19.6 Å². The summed E-state index contributed by atoms with van der Waals surface area (Å²) in [5.41, 5.74) is 4.25. The smallest absolute Gasteiger partial charge is 0.299 e. The van der Waals surface area contributed by atoms with Crippen molar-refractivity contribution in [2.24, 2.45) is 0 Å². The van der Waals surface area contributed by atoms with Crippen molar-refractivity contribution in [3.63, 3.8) is 0 Å². The van der Waals surface area contributed by atoms with Crippen LogP contribution >= 0.6 is 34.3 Å². The third kappa shape index (κ3) is 5.34. The first-order valence-electron chi connectivity index (χ1n) is 12.1. The van der Waals surface area contributed by atoms with Gasteiger partial charge in [-0.1, -0.05) is 23.7 Å². The van der Waals surface area contributed by atoms with Crippen LogP contribution in [0.5, 0.6) is 0 Å². The van der Waals surface area contributed by atoms with Crippen molar-refractivity contribution in [1.82, 2.24) is 29.3 Å². The van der Waals surface area contributed by atoms with Gasteiger partial charge in [-0.2, -0.15) is 9.78 Å². The number of pyridine rings is 3. The summed E-state index contributed by atoms with van der Waals surface area (Å²) in [5.74, 6) is 0.0734. The van der Waals surface area contributed by atoms with Crippen LogP contribution in [-0.2, 0) is 13.1 Å². The Kier molecular flexibility index (Phi) is 7.32. The van der Waals surface area contributed by atoms with Crippen molar-refractivity contribution in [2.45, 2.75) is 13.1 Å². The number of nitrogens with zero attached hydrogens (tertiary/aromatic N) is 6. The topological polar surface area (TPSA) is 108 Å². The molecule has 0 saturated carbocycles. The van der Waals surface area contributed by atoms with Crippen molar-refractivity contribution in [2.75, 3.05) is 5.32 Å². The van der Waals surface area contributed by atoms with E-state index in [0.29, 0.717) is 45.8 Å². The number of hydrogen-bond acceptors (Lipinski definition) is 9. The normalized spacial score (nSPS) is 11.0. The molecule has 6 heterocycles. The van der Waals surface area contributed by atoms with Gasteiger partial charge in [0.05, 0.1) is 45.6 Å². The summed E-state index contributed by atoms with van der Waals surface area (Å²) in [7, 11) is 0. The van der Waals surface area contributed by atoms with Crippen LogP contribution in [0.3, 0.4) is 0 Å². The average molecular weight is 586 g/mol. The SMILES string of the molecule is O=C(c1cscn1)n1nc(-c2ccn(Cc3ccccn3)c(=O)c2-c2ccccn2)cc1NCc1ccc(Cl)s1. The summed E-state index contributed by atoms with van der Waals surface area (Å²) in [5, 5.41) is 9.62.